The molecule has 4 aliphatic carbocycles. The number of aliphatic carboxylic acids is 1. The second-order valence-electron chi connectivity index (χ2n) is 10.1. The van der Waals surface area contributed by atoms with Gasteiger partial charge in [0.05, 0.1) is 11.7 Å². The molecule has 0 bridgehead atoms. The van der Waals surface area contributed by atoms with E-state index in [1.54, 1.807) is 0 Å². The lowest BCUT2D eigenvalue weighted by Gasteiger charge is -2.63. The van der Waals surface area contributed by atoms with Crippen molar-refractivity contribution in [3.63, 3.8) is 0 Å². The van der Waals surface area contributed by atoms with E-state index < -0.39 is 11.6 Å². The monoisotopic (exact) mass is 362 g/mol. The van der Waals surface area contributed by atoms with Crippen LogP contribution in [0.2, 0.25) is 0 Å². The van der Waals surface area contributed by atoms with Crippen LogP contribution in [0.25, 0.3) is 0 Å². The third-order valence-corrected chi connectivity index (χ3v) is 9.37. The minimum atomic E-state index is -0.897. The minimum absolute atomic E-state index is 0.140. The van der Waals surface area contributed by atoms with E-state index >= 15 is 0 Å². The van der Waals surface area contributed by atoms with Crippen molar-refractivity contribution < 1.29 is 20.1 Å². The van der Waals surface area contributed by atoms with E-state index in [9.17, 15) is 15.0 Å². The van der Waals surface area contributed by atoms with Gasteiger partial charge in [-0.2, -0.15) is 0 Å². The predicted octanol–water partition coefficient (Wildman–Crippen LogP) is 3.76. The van der Waals surface area contributed by atoms with Crippen LogP contribution in [-0.2, 0) is 4.79 Å². The summed E-state index contributed by atoms with van der Waals surface area (Å²) in [6, 6.07) is 0. The molecule has 0 aromatic heterocycles. The van der Waals surface area contributed by atoms with Gasteiger partial charge in [-0.05, 0) is 86.9 Å². The SMILES string of the molecule is C[C@]12CC[C@@H](O)C[C@H]1CC[C@@H]1[C@@H]2CC[C@]2(C)[C@@H](/C=C/C(=O)O)CC[C@]12O. The van der Waals surface area contributed by atoms with Gasteiger partial charge in [-0.3, -0.25) is 0 Å². The molecule has 0 radical (unpaired) electrons. The molecule has 146 valence electrons. The van der Waals surface area contributed by atoms with Gasteiger partial charge in [0.25, 0.3) is 0 Å². The lowest BCUT2D eigenvalue weighted by atomic mass is 9.43. The Morgan fingerprint density at radius 2 is 1.77 bits per heavy atom. The summed E-state index contributed by atoms with van der Waals surface area (Å²) in [7, 11) is 0. The van der Waals surface area contributed by atoms with E-state index in [0.717, 1.165) is 57.8 Å². The third-order valence-electron chi connectivity index (χ3n) is 9.37. The van der Waals surface area contributed by atoms with Gasteiger partial charge in [0.15, 0.2) is 0 Å². The molecule has 4 nitrogen and oxygen atoms in total. The smallest absolute Gasteiger partial charge is 0.327 e. The zero-order valence-electron chi connectivity index (χ0n) is 16.2. The van der Waals surface area contributed by atoms with Crippen LogP contribution in [0.3, 0.4) is 0 Å². The number of fused-ring (bicyclic) bond motifs is 5. The molecule has 0 aromatic rings. The summed E-state index contributed by atoms with van der Waals surface area (Å²) in [6.45, 7) is 4.62. The Balaban J connectivity index is 1.63. The zero-order chi connectivity index (χ0) is 18.7. The highest BCUT2D eigenvalue weighted by Crippen LogP contribution is 2.69. The van der Waals surface area contributed by atoms with Crippen molar-refractivity contribution in [1.82, 2.24) is 0 Å². The fourth-order valence-electron chi connectivity index (χ4n) is 7.75. The molecule has 0 unspecified atom stereocenters. The van der Waals surface area contributed by atoms with Crippen LogP contribution in [-0.4, -0.2) is 33.0 Å². The first-order valence-corrected chi connectivity index (χ1v) is 10.5. The summed E-state index contributed by atoms with van der Waals surface area (Å²) in [6.07, 6.45) is 11.8. The van der Waals surface area contributed by atoms with Gasteiger partial charge >= 0.3 is 5.97 Å². The Morgan fingerprint density at radius 1 is 1.00 bits per heavy atom. The Hall–Kier alpha value is -0.870. The summed E-state index contributed by atoms with van der Waals surface area (Å²) in [5.74, 6) is 0.703. The molecular weight excluding hydrogens is 328 g/mol. The molecule has 8 atom stereocenters. The van der Waals surface area contributed by atoms with Crippen molar-refractivity contribution >= 4 is 5.97 Å². The second-order valence-corrected chi connectivity index (χ2v) is 10.1. The molecule has 4 saturated carbocycles. The largest absolute Gasteiger partial charge is 0.478 e. The zero-order valence-corrected chi connectivity index (χ0v) is 16.2. The first kappa shape index (κ1) is 18.5. The highest BCUT2D eigenvalue weighted by Gasteiger charge is 2.66. The van der Waals surface area contributed by atoms with Crippen molar-refractivity contribution in [1.29, 1.82) is 0 Å². The van der Waals surface area contributed by atoms with Gasteiger partial charge in [0.2, 0.25) is 0 Å². The summed E-state index contributed by atoms with van der Waals surface area (Å²) in [5, 5.41) is 31.1. The number of rotatable bonds is 2. The molecule has 4 fully saturated rings. The van der Waals surface area contributed by atoms with Gasteiger partial charge in [-0.1, -0.05) is 19.9 Å². The fourth-order valence-corrected chi connectivity index (χ4v) is 7.75. The first-order chi connectivity index (χ1) is 12.2. The molecule has 0 aromatic carbocycles. The molecule has 0 spiro atoms. The van der Waals surface area contributed by atoms with Gasteiger partial charge in [0, 0.05) is 11.5 Å². The van der Waals surface area contributed by atoms with Crippen molar-refractivity contribution in [2.45, 2.75) is 83.3 Å². The van der Waals surface area contributed by atoms with Gasteiger partial charge in [-0.15, -0.1) is 0 Å². The molecule has 4 heteroatoms. The number of aliphatic hydroxyl groups is 2. The molecular formula is C22H34O4. The van der Waals surface area contributed by atoms with Crippen LogP contribution in [0.4, 0.5) is 0 Å². The summed E-state index contributed by atoms with van der Waals surface area (Å²) in [4.78, 5) is 11.0. The van der Waals surface area contributed by atoms with Crippen LogP contribution in [0.5, 0.6) is 0 Å². The molecule has 3 N–H and O–H groups in total. The molecule has 0 saturated heterocycles. The average Bonchev–Trinajstić information content (AvgIpc) is 2.85. The first-order valence-electron chi connectivity index (χ1n) is 10.5. The summed E-state index contributed by atoms with van der Waals surface area (Å²) in [5.41, 5.74) is -0.640. The molecule has 0 amide bonds. The van der Waals surface area contributed by atoms with Crippen LogP contribution < -0.4 is 0 Å². The Labute approximate surface area is 156 Å². The maximum Gasteiger partial charge on any atom is 0.327 e. The number of aliphatic hydroxyl groups excluding tert-OH is 1. The van der Waals surface area contributed by atoms with Gasteiger partial charge < -0.3 is 15.3 Å². The van der Waals surface area contributed by atoms with Crippen molar-refractivity contribution in [2.24, 2.45) is 34.5 Å². The molecule has 4 aliphatic rings. The number of carboxylic acid groups (broad SMARTS) is 1. The van der Waals surface area contributed by atoms with Crippen LogP contribution in [0.1, 0.15) is 71.6 Å². The van der Waals surface area contributed by atoms with Gasteiger partial charge in [0.1, 0.15) is 0 Å². The summed E-state index contributed by atoms with van der Waals surface area (Å²) < 4.78 is 0. The maximum absolute atomic E-state index is 11.9. The fraction of sp³-hybridized carbons (Fsp3) is 0.864. The number of carboxylic acids is 1. The highest BCUT2D eigenvalue weighted by atomic mass is 16.4. The van der Waals surface area contributed by atoms with Crippen LogP contribution >= 0.6 is 0 Å². The van der Waals surface area contributed by atoms with Crippen molar-refractivity contribution in [2.75, 3.05) is 0 Å². The van der Waals surface area contributed by atoms with Crippen LogP contribution in [0, 0.1) is 34.5 Å². The molecule has 26 heavy (non-hydrogen) atoms. The van der Waals surface area contributed by atoms with E-state index in [-0.39, 0.29) is 22.9 Å². The lowest BCUT2D eigenvalue weighted by molar-refractivity contribution is -0.207. The van der Waals surface area contributed by atoms with Crippen LogP contribution in [0.15, 0.2) is 12.2 Å². The predicted molar refractivity (Wildman–Crippen MR) is 99.5 cm³/mol. The molecule has 0 heterocycles. The van der Waals surface area contributed by atoms with E-state index in [1.165, 1.54) is 6.08 Å². The van der Waals surface area contributed by atoms with E-state index in [4.69, 9.17) is 5.11 Å². The van der Waals surface area contributed by atoms with E-state index in [0.29, 0.717) is 17.8 Å². The Morgan fingerprint density at radius 3 is 2.50 bits per heavy atom. The van der Waals surface area contributed by atoms with Crippen molar-refractivity contribution in [3.05, 3.63) is 12.2 Å². The third kappa shape index (κ3) is 2.44. The number of hydrogen-bond donors (Lipinski definition) is 3. The minimum Gasteiger partial charge on any atom is -0.478 e. The van der Waals surface area contributed by atoms with Gasteiger partial charge in [-0.25, -0.2) is 4.79 Å². The average molecular weight is 363 g/mol. The van der Waals surface area contributed by atoms with Crippen molar-refractivity contribution in [3.8, 4) is 0 Å². The highest BCUT2D eigenvalue weighted by molar-refractivity contribution is 5.79. The second kappa shape index (κ2) is 6.07. The molecule has 4 rings (SSSR count). The Kier molecular flexibility index (Phi) is 4.31. The quantitative estimate of drug-likeness (QED) is 0.654. The summed E-state index contributed by atoms with van der Waals surface area (Å²) >= 11 is 0. The Bertz CT molecular complexity index is 615. The standard InChI is InChI=1S/C22H34O4/c1-20-10-8-16(23)13-15(20)3-5-18-17(20)9-11-21(2)14(4-6-19(24)25)7-12-22(18,21)26/h4,6,14-18,23,26H,3,5,7-13H2,1-2H3,(H,24,25)/b6-4+/t14-,15+,16+,17-,18+,20-,21+,22-/m0/s1. The molecule has 0 aliphatic heterocycles. The van der Waals surface area contributed by atoms with E-state index in [1.807, 2.05) is 6.08 Å². The number of carbonyl (C=O) groups is 1. The number of allylic oxidation sites excluding steroid dienone is 1. The maximum atomic E-state index is 11.9. The van der Waals surface area contributed by atoms with E-state index in [2.05, 4.69) is 13.8 Å². The number of hydrogen-bond acceptors (Lipinski definition) is 3. The normalized spacial score (nSPS) is 53.8. The lowest BCUT2D eigenvalue weighted by Crippen LogP contribution is -2.62. The topological polar surface area (TPSA) is 77.8 Å².